The minimum atomic E-state index is -0.0245. The lowest BCUT2D eigenvalue weighted by atomic mass is 10.1. The van der Waals surface area contributed by atoms with E-state index in [0.29, 0.717) is 6.61 Å². The Bertz CT molecular complexity index is 624. The van der Waals surface area contributed by atoms with Crippen molar-refractivity contribution in [1.82, 2.24) is 0 Å². The van der Waals surface area contributed by atoms with E-state index in [1.165, 1.54) is 9.75 Å². The van der Waals surface area contributed by atoms with Crippen molar-refractivity contribution >= 4 is 11.3 Å². The fourth-order valence-electron chi connectivity index (χ4n) is 2.69. The normalized spacial score (nSPS) is 20.1. The van der Waals surface area contributed by atoms with Crippen molar-refractivity contribution in [2.45, 2.75) is 25.9 Å². The van der Waals surface area contributed by atoms with Gasteiger partial charge in [0.05, 0.1) is 11.5 Å². The number of hydrogen-bond donors (Lipinski definition) is 0. The maximum Gasteiger partial charge on any atom is 0.167 e. The third-order valence-electron chi connectivity index (χ3n) is 3.74. The molecule has 0 aliphatic carbocycles. The molecule has 2 aliphatic rings. The predicted molar refractivity (Wildman–Crippen MR) is 78.2 cm³/mol. The van der Waals surface area contributed by atoms with Gasteiger partial charge in [-0.1, -0.05) is 12.1 Å². The summed E-state index contributed by atoms with van der Waals surface area (Å²) < 4.78 is 17.7. The molecular formula is C16H16O3S. The van der Waals surface area contributed by atoms with E-state index in [2.05, 4.69) is 6.07 Å². The number of rotatable bonds is 1. The number of para-hydroxylation sites is 1. The van der Waals surface area contributed by atoms with Gasteiger partial charge in [-0.15, -0.1) is 11.3 Å². The zero-order valence-electron chi connectivity index (χ0n) is 11.3. The number of aryl methyl sites for hydroxylation is 2. The molecule has 1 aromatic carbocycles. The van der Waals surface area contributed by atoms with Gasteiger partial charge in [-0.05, 0) is 37.5 Å². The van der Waals surface area contributed by atoms with Crippen molar-refractivity contribution in [1.29, 1.82) is 0 Å². The van der Waals surface area contributed by atoms with E-state index < -0.39 is 0 Å². The van der Waals surface area contributed by atoms with Crippen molar-refractivity contribution in [3.8, 4) is 17.2 Å². The second kappa shape index (κ2) is 4.70. The van der Waals surface area contributed by atoms with Gasteiger partial charge < -0.3 is 14.2 Å². The SMILES string of the molecule is Cc1cccc2c1OCC(c1cc3c(s1)CCCO3)O2. The first-order valence-corrected chi connectivity index (χ1v) is 7.77. The summed E-state index contributed by atoms with van der Waals surface area (Å²) in [7, 11) is 0. The van der Waals surface area contributed by atoms with Crippen LogP contribution in [-0.2, 0) is 6.42 Å². The fraction of sp³-hybridized carbons (Fsp3) is 0.375. The number of hydrogen-bond acceptors (Lipinski definition) is 4. The molecule has 0 bridgehead atoms. The van der Waals surface area contributed by atoms with Gasteiger partial charge in [0, 0.05) is 4.88 Å². The van der Waals surface area contributed by atoms with Crippen LogP contribution in [0.25, 0.3) is 0 Å². The minimum absolute atomic E-state index is 0.0245. The Morgan fingerprint density at radius 1 is 1.20 bits per heavy atom. The van der Waals surface area contributed by atoms with E-state index >= 15 is 0 Å². The number of thiophene rings is 1. The number of ether oxygens (including phenoxy) is 3. The molecule has 104 valence electrons. The Balaban J connectivity index is 1.63. The second-order valence-electron chi connectivity index (χ2n) is 5.21. The minimum Gasteiger partial charge on any atom is -0.492 e. The van der Waals surface area contributed by atoms with Crippen molar-refractivity contribution in [3.05, 3.63) is 39.6 Å². The topological polar surface area (TPSA) is 27.7 Å². The summed E-state index contributed by atoms with van der Waals surface area (Å²) >= 11 is 1.79. The van der Waals surface area contributed by atoms with E-state index in [0.717, 1.165) is 42.3 Å². The number of benzene rings is 1. The highest BCUT2D eigenvalue weighted by atomic mass is 32.1. The van der Waals surface area contributed by atoms with Crippen LogP contribution in [0.4, 0.5) is 0 Å². The van der Waals surface area contributed by atoms with Gasteiger partial charge in [-0.3, -0.25) is 0 Å². The highest BCUT2D eigenvalue weighted by molar-refractivity contribution is 7.12. The fourth-order valence-corrected chi connectivity index (χ4v) is 3.85. The zero-order chi connectivity index (χ0) is 13.5. The molecular weight excluding hydrogens is 272 g/mol. The molecule has 20 heavy (non-hydrogen) atoms. The van der Waals surface area contributed by atoms with Gasteiger partial charge in [0.15, 0.2) is 17.6 Å². The average Bonchev–Trinajstić information content (AvgIpc) is 2.91. The smallest absolute Gasteiger partial charge is 0.167 e. The molecule has 0 radical (unpaired) electrons. The molecule has 1 atom stereocenters. The van der Waals surface area contributed by atoms with Crippen LogP contribution in [0.2, 0.25) is 0 Å². The first-order chi connectivity index (χ1) is 9.81. The van der Waals surface area contributed by atoms with E-state index in [1.807, 2.05) is 25.1 Å². The Kier molecular flexibility index (Phi) is 2.84. The molecule has 3 nitrogen and oxygen atoms in total. The van der Waals surface area contributed by atoms with Gasteiger partial charge in [-0.25, -0.2) is 0 Å². The Morgan fingerprint density at radius 2 is 2.15 bits per heavy atom. The summed E-state index contributed by atoms with van der Waals surface area (Å²) in [6.07, 6.45) is 2.20. The largest absolute Gasteiger partial charge is 0.492 e. The predicted octanol–water partition coefficient (Wildman–Crippen LogP) is 3.89. The Morgan fingerprint density at radius 3 is 3.05 bits per heavy atom. The van der Waals surface area contributed by atoms with Crippen molar-refractivity contribution in [2.24, 2.45) is 0 Å². The summed E-state index contributed by atoms with van der Waals surface area (Å²) in [5.41, 5.74) is 1.12. The molecule has 1 unspecified atom stereocenters. The Hall–Kier alpha value is -1.68. The summed E-state index contributed by atoms with van der Waals surface area (Å²) in [4.78, 5) is 2.54. The maximum absolute atomic E-state index is 6.11. The standard InChI is InChI=1S/C16H16O3S/c1-10-4-2-5-11-16(10)18-9-13(19-11)15-8-12-14(20-15)6-3-7-17-12/h2,4-5,8,13H,3,6-7,9H2,1H3. The van der Waals surface area contributed by atoms with Crippen LogP contribution in [0.5, 0.6) is 17.2 Å². The van der Waals surface area contributed by atoms with E-state index in [-0.39, 0.29) is 6.10 Å². The average molecular weight is 288 g/mol. The van der Waals surface area contributed by atoms with Crippen LogP contribution >= 0.6 is 11.3 Å². The van der Waals surface area contributed by atoms with Crippen LogP contribution in [0.15, 0.2) is 24.3 Å². The lowest BCUT2D eigenvalue weighted by Crippen LogP contribution is -2.21. The molecule has 1 aromatic heterocycles. The van der Waals surface area contributed by atoms with Crippen LogP contribution in [0.1, 0.15) is 27.8 Å². The van der Waals surface area contributed by atoms with Crippen LogP contribution < -0.4 is 14.2 Å². The van der Waals surface area contributed by atoms with E-state index in [1.54, 1.807) is 11.3 Å². The lowest BCUT2D eigenvalue weighted by molar-refractivity contribution is 0.0928. The van der Waals surface area contributed by atoms with Crippen molar-refractivity contribution in [3.63, 3.8) is 0 Å². The lowest BCUT2D eigenvalue weighted by Gasteiger charge is -2.26. The van der Waals surface area contributed by atoms with Gasteiger partial charge in [-0.2, -0.15) is 0 Å². The molecule has 4 heteroatoms. The molecule has 0 N–H and O–H groups in total. The van der Waals surface area contributed by atoms with Gasteiger partial charge >= 0.3 is 0 Å². The van der Waals surface area contributed by atoms with E-state index in [4.69, 9.17) is 14.2 Å². The molecule has 0 amide bonds. The van der Waals surface area contributed by atoms with Gasteiger partial charge in [0.1, 0.15) is 12.4 Å². The molecule has 2 aliphatic heterocycles. The molecule has 0 saturated heterocycles. The van der Waals surface area contributed by atoms with Crippen molar-refractivity contribution < 1.29 is 14.2 Å². The van der Waals surface area contributed by atoms with Crippen LogP contribution in [0, 0.1) is 6.92 Å². The first-order valence-electron chi connectivity index (χ1n) is 6.96. The third-order valence-corrected chi connectivity index (χ3v) is 5.00. The maximum atomic E-state index is 6.11. The van der Waals surface area contributed by atoms with E-state index in [9.17, 15) is 0 Å². The highest BCUT2D eigenvalue weighted by Crippen LogP contribution is 2.42. The van der Waals surface area contributed by atoms with Crippen LogP contribution in [-0.4, -0.2) is 13.2 Å². The van der Waals surface area contributed by atoms with Gasteiger partial charge in [0.2, 0.25) is 0 Å². The number of fused-ring (bicyclic) bond motifs is 2. The summed E-state index contributed by atoms with van der Waals surface area (Å²) in [6, 6.07) is 8.13. The molecule has 0 fully saturated rings. The zero-order valence-corrected chi connectivity index (χ0v) is 12.2. The molecule has 3 heterocycles. The summed E-state index contributed by atoms with van der Waals surface area (Å²) in [6.45, 7) is 3.44. The third kappa shape index (κ3) is 1.95. The highest BCUT2D eigenvalue weighted by Gasteiger charge is 2.27. The summed E-state index contributed by atoms with van der Waals surface area (Å²) in [5.74, 6) is 2.75. The summed E-state index contributed by atoms with van der Waals surface area (Å²) in [5, 5.41) is 0. The van der Waals surface area contributed by atoms with Gasteiger partial charge in [0.25, 0.3) is 0 Å². The monoisotopic (exact) mass is 288 g/mol. The molecule has 2 aromatic rings. The van der Waals surface area contributed by atoms with Crippen molar-refractivity contribution in [2.75, 3.05) is 13.2 Å². The molecule has 4 rings (SSSR count). The Labute approximate surface area is 122 Å². The second-order valence-corrected chi connectivity index (χ2v) is 6.38. The first kappa shape index (κ1) is 12.1. The van der Waals surface area contributed by atoms with Crippen LogP contribution in [0.3, 0.4) is 0 Å². The quantitative estimate of drug-likeness (QED) is 0.796. The molecule has 0 saturated carbocycles. The molecule has 0 spiro atoms.